The lowest BCUT2D eigenvalue weighted by atomic mass is 9.80. The highest BCUT2D eigenvalue weighted by atomic mass is 16.8. The van der Waals surface area contributed by atoms with Gasteiger partial charge in [0, 0.05) is 13.5 Å². The van der Waals surface area contributed by atoms with E-state index in [-0.39, 0.29) is 6.61 Å². The van der Waals surface area contributed by atoms with Crippen molar-refractivity contribution in [3.63, 3.8) is 0 Å². The zero-order valence-corrected chi connectivity index (χ0v) is 20.3. The second-order valence-corrected chi connectivity index (χ2v) is 9.43. The minimum absolute atomic E-state index is 0.259. The van der Waals surface area contributed by atoms with Gasteiger partial charge in [0.05, 0.1) is 12.2 Å². The fraction of sp³-hybridized carbons (Fsp3) is 0.379. The van der Waals surface area contributed by atoms with E-state index in [4.69, 9.17) is 18.9 Å². The predicted molar refractivity (Wildman–Crippen MR) is 131 cm³/mol. The first-order chi connectivity index (χ1) is 16.3. The molecule has 0 saturated carbocycles. The van der Waals surface area contributed by atoms with E-state index < -0.39 is 29.4 Å². The molecule has 0 aliphatic carbocycles. The Morgan fingerprint density at radius 2 is 1.29 bits per heavy atom. The maximum atomic E-state index is 10.1. The summed E-state index contributed by atoms with van der Waals surface area (Å²) in [6.45, 7) is 5.43. The molecule has 1 aliphatic rings. The summed E-state index contributed by atoms with van der Waals surface area (Å²) in [4.78, 5) is 0. The zero-order valence-electron chi connectivity index (χ0n) is 20.3. The molecule has 5 nitrogen and oxygen atoms in total. The molecule has 1 N–H and O–H groups in total. The Morgan fingerprint density at radius 3 is 1.68 bits per heavy atom. The first kappa shape index (κ1) is 24.6. The van der Waals surface area contributed by atoms with Gasteiger partial charge in [-0.2, -0.15) is 0 Å². The third kappa shape index (κ3) is 5.09. The van der Waals surface area contributed by atoms with E-state index in [0.717, 1.165) is 16.7 Å². The third-order valence-electron chi connectivity index (χ3n) is 6.45. The van der Waals surface area contributed by atoms with Crippen molar-refractivity contribution in [2.24, 2.45) is 0 Å². The molecule has 3 aromatic carbocycles. The summed E-state index contributed by atoms with van der Waals surface area (Å²) >= 11 is 0. The molecule has 3 atom stereocenters. The second kappa shape index (κ2) is 9.98. The SMILES string of the molecule is CO[C@@]1(C)C[C@@H](OC(C)(C)O)O[C@@H]1COC(c1ccccc1)(c1ccccc1)c1ccccc1. The molecule has 0 aromatic heterocycles. The molecule has 34 heavy (non-hydrogen) atoms. The van der Waals surface area contributed by atoms with Crippen molar-refractivity contribution in [3.8, 4) is 0 Å². The van der Waals surface area contributed by atoms with E-state index >= 15 is 0 Å². The molecule has 0 unspecified atom stereocenters. The Labute approximate surface area is 202 Å². The quantitative estimate of drug-likeness (QED) is 0.347. The number of hydrogen-bond donors (Lipinski definition) is 1. The Bertz CT molecular complexity index is 936. The molecule has 3 aromatic rings. The Kier molecular flexibility index (Phi) is 7.22. The van der Waals surface area contributed by atoms with Crippen LogP contribution in [0.15, 0.2) is 91.0 Å². The van der Waals surface area contributed by atoms with E-state index in [1.807, 2.05) is 61.5 Å². The van der Waals surface area contributed by atoms with Gasteiger partial charge < -0.3 is 24.1 Å². The highest BCUT2D eigenvalue weighted by molar-refractivity contribution is 5.47. The van der Waals surface area contributed by atoms with Gasteiger partial charge in [0.2, 0.25) is 0 Å². The maximum Gasteiger partial charge on any atom is 0.164 e. The number of rotatable bonds is 9. The molecule has 1 aliphatic heterocycles. The normalized spacial score (nSPS) is 23.2. The summed E-state index contributed by atoms with van der Waals surface area (Å²) in [5.74, 6) is -1.31. The van der Waals surface area contributed by atoms with Crippen LogP contribution in [-0.2, 0) is 24.5 Å². The molecular formula is C29H34O5. The molecular weight excluding hydrogens is 428 g/mol. The molecule has 0 spiro atoms. The van der Waals surface area contributed by atoms with Crippen molar-refractivity contribution in [2.75, 3.05) is 13.7 Å². The smallest absolute Gasteiger partial charge is 0.164 e. The molecule has 0 bridgehead atoms. The summed E-state index contributed by atoms with van der Waals surface area (Å²) in [5.41, 5.74) is 1.58. The van der Waals surface area contributed by atoms with Gasteiger partial charge in [0.25, 0.3) is 0 Å². The first-order valence-corrected chi connectivity index (χ1v) is 11.7. The molecule has 5 heteroatoms. The van der Waals surface area contributed by atoms with E-state index in [1.54, 1.807) is 21.0 Å². The van der Waals surface area contributed by atoms with E-state index in [2.05, 4.69) is 36.4 Å². The maximum absolute atomic E-state index is 10.1. The van der Waals surface area contributed by atoms with Gasteiger partial charge in [0.1, 0.15) is 11.7 Å². The molecule has 4 rings (SSSR count). The average Bonchev–Trinajstić information content (AvgIpc) is 3.15. The minimum atomic E-state index is -1.31. The monoisotopic (exact) mass is 462 g/mol. The van der Waals surface area contributed by atoms with Gasteiger partial charge in [-0.05, 0) is 37.5 Å². The summed E-state index contributed by atoms with van der Waals surface area (Å²) in [7, 11) is 1.67. The topological polar surface area (TPSA) is 57.2 Å². The molecule has 1 heterocycles. The lowest BCUT2D eigenvalue weighted by Gasteiger charge is -2.38. The minimum Gasteiger partial charge on any atom is -0.376 e. The van der Waals surface area contributed by atoms with Crippen molar-refractivity contribution in [3.05, 3.63) is 108 Å². The molecule has 0 radical (unpaired) electrons. The summed E-state index contributed by atoms with van der Waals surface area (Å²) < 4.78 is 24.7. The second-order valence-electron chi connectivity index (χ2n) is 9.43. The van der Waals surface area contributed by atoms with Gasteiger partial charge in [-0.25, -0.2) is 0 Å². The van der Waals surface area contributed by atoms with E-state index in [1.165, 1.54) is 0 Å². The third-order valence-corrected chi connectivity index (χ3v) is 6.45. The summed E-state index contributed by atoms with van der Waals surface area (Å²) in [6.07, 6.45) is -0.519. The zero-order chi connectivity index (χ0) is 24.2. The van der Waals surface area contributed by atoms with Gasteiger partial charge in [-0.15, -0.1) is 0 Å². The van der Waals surface area contributed by atoms with E-state index in [0.29, 0.717) is 6.42 Å². The number of benzene rings is 3. The number of ether oxygens (including phenoxy) is 4. The first-order valence-electron chi connectivity index (χ1n) is 11.7. The van der Waals surface area contributed by atoms with Crippen molar-refractivity contribution < 1.29 is 24.1 Å². The van der Waals surface area contributed by atoms with Crippen LogP contribution in [0.25, 0.3) is 0 Å². The number of aliphatic hydroxyl groups is 1. The van der Waals surface area contributed by atoms with Crippen LogP contribution in [0.3, 0.4) is 0 Å². The molecule has 180 valence electrons. The lowest BCUT2D eigenvalue weighted by molar-refractivity contribution is -0.272. The molecule has 0 amide bonds. The van der Waals surface area contributed by atoms with Crippen LogP contribution in [0.1, 0.15) is 43.9 Å². The van der Waals surface area contributed by atoms with Crippen LogP contribution in [0.2, 0.25) is 0 Å². The Morgan fingerprint density at radius 1 is 0.853 bits per heavy atom. The fourth-order valence-electron chi connectivity index (χ4n) is 4.63. The van der Waals surface area contributed by atoms with Crippen molar-refractivity contribution >= 4 is 0 Å². The van der Waals surface area contributed by atoms with Gasteiger partial charge in [0.15, 0.2) is 12.1 Å². The molecule has 1 fully saturated rings. The van der Waals surface area contributed by atoms with Gasteiger partial charge in [-0.3, -0.25) is 0 Å². The number of methoxy groups -OCH3 is 1. The fourth-order valence-corrected chi connectivity index (χ4v) is 4.63. The highest BCUT2D eigenvalue weighted by Crippen LogP contribution is 2.42. The van der Waals surface area contributed by atoms with Crippen molar-refractivity contribution in [1.82, 2.24) is 0 Å². The van der Waals surface area contributed by atoms with Crippen LogP contribution >= 0.6 is 0 Å². The Balaban J connectivity index is 1.74. The Hall–Kier alpha value is -2.54. The largest absolute Gasteiger partial charge is 0.376 e. The van der Waals surface area contributed by atoms with Crippen molar-refractivity contribution in [1.29, 1.82) is 0 Å². The van der Waals surface area contributed by atoms with Crippen molar-refractivity contribution in [2.45, 2.75) is 56.6 Å². The number of hydrogen-bond acceptors (Lipinski definition) is 5. The summed E-state index contributed by atoms with van der Waals surface area (Å²) in [6, 6.07) is 30.7. The van der Waals surface area contributed by atoms with Gasteiger partial charge in [-0.1, -0.05) is 91.0 Å². The van der Waals surface area contributed by atoms with E-state index in [9.17, 15) is 5.11 Å². The average molecular weight is 463 g/mol. The van der Waals surface area contributed by atoms with Crippen LogP contribution in [0, 0.1) is 0 Å². The lowest BCUT2D eigenvalue weighted by Crippen LogP contribution is -2.43. The standard InChI is InChI=1S/C29H34O5/c1-27(2,30)34-26-20-28(3,31-4)25(33-26)21-32-29(22-14-8-5-9-15-22,23-16-10-6-11-17-23)24-18-12-7-13-19-24/h5-19,25-26,30H,20-21H2,1-4H3/t25-,26-,28+/m1/s1. The van der Waals surface area contributed by atoms with Crippen LogP contribution in [0.5, 0.6) is 0 Å². The highest BCUT2D eigenvalue weighted by Gasteiger charge is 2.49. The van der Waals surface area contributed by atoms with Gasteiger partial charge >= 0.3 is 0 Å². The summed E-state index contributed by atoms with van der Waals surface area (Å²) in [5, 5.41) is 10.1. The van der Waals surface area contributed by atoms with Crippen LogP contribution in [0.4, 0.5) is 0 Å². The van der Waals surface area contributed by atoms with Crippen LogP contribution < -0.4 is 0 Å². The van der Waals surface area contributed by atoms with Crippen LogP contribution in [-0.4, -0.2) is 42.6 Å². The molecule has 1 saturated heterocycles. The predicted octanol–water partition coefficient (Wildman–Crippen LogP) is 5.26.